The number of H-pyrrole nitrogens is 1. The van der Waals surface area contributed by atoms with Gasteiger partial charge in [0.25, 0.3) is 5.56 Å². The van der Waals surface area contributed by atoms with Gasteiger partial charge in [-0.2, -0.15) is 0 Å². The molecule has 5 heteroatoms. The van der Waals surface area contributed by atoms with Crippen LogP contribution >= 0.6 is 0 Å². The highest BCUT2D eigenvalue weighted by Crippen LogP contribution is 2.33. The number of aromatic hydroxyl groups is 1. The van der Waals surface area contributed by atoms with Crippen molar-refractivity contribution in [3.8, 4) is 17.2 Å². The van der Waals surface area contributed by atoms with Crippen LogP contribution in [0.2, 0.25) is 0 Å². The number of phenolic OH excluding ortho intramolecular Hbond substituents is 1. The summed E-state index contributed by atoms with van der Waals surface area (Å²) in [7, 11) is 0. The summed E-state index contributed by atoms with van der Waals surface area (Å²) >= 11 is 0. The molecule has 0 fully saturated rings. The van der Waals surface area contributed by atoms with Crippen molar-refractivity contribution in [3.05, 3.63) is 51.9 Å². The van der Waals surface area contributed by atoms with Crippen LogP contribution in [-0.4, -0.2) is 23.3 Å². The fourth-order valence-corrected chi connectivity index (χ4v) is 2.79. The van der Waals surface area contributed by atoms with Crippen LogP contribution in [-0.2, 0) is 0 Å². The van der Waals surface area contributed by atoms with Gasteiger partial charge in [0.2, 0.25) is 5.75 Å². The number of benzene rings is 1. The highest BCUT2D eigenvalue weighted by molar-refractivity contribution is 5.88. The Morgan fingerprint density at radius 3 is 2.64 bits per heavy atom. The van der Waals surface area contributed by atoms with E-state index in [0.29, 0.717) is 29.9 Å². The molecular formula is C23H31NO4. The minimum atomic E-state index is -0.361. The monoisotopic (exact) mass is 385 g/mol. The maximum atomic E-state index is 12.6. The molecule has 0 aliphatic rings. The van der Waals surface area contributed by atoms with Gasteiger partial charge in [0, 0.05) is 11.5 Å². The van der Waals surface area contributed by atoms with E-state index in [4.69, 9.17) is 9.47 Å². The lowest BCUT2D eigenvalue weighted by atomic mass is 10.1. The molecule has 0 amide bonds. The predicted octanol–water partition coefficient (Wildman–Crippen LogP) is 5.48. The Labute approximate surface area is 166 Å². The van der Waals surface area contributed by atoms with Gasteiger partial charge in [0.1, 0.15) is 12.4 Å². The van der Waals surface area contributed by atoms with Gasteiger partial charge in [-0.3, -0.25) is 4.79 Å². The number of hydrogen-bond donors (Lipinski definition) is 2. The number of phenols is 1. The Morgan fingerprint density at radius 1 is 1.14 bits per heavy atom. The van der Waals surface area contributed by atoms with E-state index in [1.54, 1.807) is 12.1 Å². The molecule has 2 N–H and O–H groups in total. The molecule has 2 rings (SSSR count). The van der Waals surface area contributed by atoms with E-state index in [1.165, 1.54) is 17.2 Å². The maximum Gasteiger partial charge on any atom is 0.294 e. The fraction of sp³-hybridized carbons (Fsp3) is 0.435. The SMILES string of the molecule is CCCCOc1c(OC/C=C(\C)CCC=C(C)C)c(=O)[nH]c2cc(O)ccc12. The normalized spacial score (nSPS) is 11.5. The summed E-state index contributed by atoms with van der Waals surface area (Å²) in [5.41, 5.74) is 2.69. The van der Waals surface area contributed by atoms with E-state index in [0.717, 1.165) is 25.7 Å². The van der Waals surface area contributed by atoms with Crippen LogP contribution in [0.1, 0.15) is 53.4 Å². The van der Waals surface area contributed by atoms with Crippen molar-refractivity contribution in [2.24, 2.45) is 0 Å². The standard InChI is InChI=1S/C23H31NO4/c1-5-6-13-27-21-19-11-10-18(25)15-20(19)24-23(26)22(21)28-14-12-17(4)9-7-8-16(2)3/h8,10-12,15,25H,5-7,9,13-14H2,1-4H3,(H,24,26)/b17-12+. The Bertz CT molecular complexity index is 905. The van der Waals surface area contributed by atoms with Gasteiger partial charge in [-0.25, -0.2) is 0 Å². The molecule has 0 aliphatic heterocycles. The summed E-state index contributed by atoms with van der Waals surface area (Å²) < 4.78 is 11.7. The van der Waals surface area contributed by atoms with Crippen molar-refractivity contribution >= 4 is 10.9 Å². The average Bonchev–Trinajstić information content (AvgIpc) is 2.63. The lowest BCUT2D eigenvalue weighted by Crippen LogP contribution is -2.14. The summed E-state index contributed by atoms with van der Waals surface area (Å²) in [6.07, 6.45) is 8.04. The van der Waals surface area contributed by atoms with Gasteiger partial charge in [-0.1, -0.05) is 30.6 Å². The Hall–Kier alpha value is -2.69. The smallest absolute Gasteiger partial charge is 0.294 e. The summed E-state index contributed by atoms with van der Waals surface area (Å²) in [5, 5.41) is 10.4. The largest absolute Gasteiger partial charge is 0.508 e. The second-order valence-electron chi connectivity index (χ2n) is 7.23. The predicted molar refractivity (Wildman–Crippen MR) is 115 cm³/mol. The molecule has 2 aromatic rings. The van der Waals surface area contributed by atoms with E-state index >= 15 is 0 Å². The van der Waals surface area contributed by atoms with Crippen LogP contribution in [0.25, 0.3) is 10.9 Å². The third kappa shape index (κ3) is 6.19. The molecule has 1 heterocycles. The molecule has 1 aromatic heterocycles. The molecule has 0 spiro atoms. The number of fused-ring (bicyclic) bond motifs is 1. The quantitative estimate of drug-likeness (QED) is 0.419. The topological polar surface area (TPSA) is 71.5 Å². The van der Waals surface area contributed by atoms with Crippen LogP contribution < -0.4 is 15.0 Å². The fourth-order valence-electron chi connectivity index (χ4n) is 2.79. The van der Waals surface area contributed by atoms with Gasteiger partial charge < -0.3 is 19.6 Å². The summed E-state index contributed by atoms with van der Waals surface area (Å²) in [6.45, 7) is 9.13. The lowest BCUT2D eigenvalue weighted by molar-refractivity contribution is 0.279. The van der Waals surface area contributed by atoms with Crippen molar-refractivity contribution in [2.45, 2.75) is 53.4 Å². The third-order valence-electron chi connectivity index (χ3n) is 4.40. The molecule has 0 radical (unpaired) electrons. The van der Waals surface area contributed by atoms with E-state index in [9.17, 15) is 9.90 Å². The van der Waals surface area contributed by atoms with E-state index in [1.807, 2.05) is 6.08 Å². The lowest BCUT2D eigenvalue weighted by Gasteiger charge is -2.14. The van der Waals surface area contributed by atoms with E-state index in [2.05, 4.69) is 38.8 Å². The molecule has 152 valence electrons. The zero-order valence-electron chi connectivity index (χ0n) is 17.3. The molecule has 1 aromatic carbocycles. The van der Waals surface area contributed by atoms with Crippen molar-refractivity contribution < 1.29 is 14.6 Å². The number of rotatable bonds is 10. The molecule has 0 atom stereocenters. The number of aromatic nitrogens is 1. The van der Waals surface area contributed by atoms with E-state index in [-0.39, 0.29) is 17.1 Å². The van der Waals surface area contributed by atoms with Crippen LogP contribution in [0.5, 0.6) is 17.2 Å². The van der Waals surface area contributed by atoms with Crippen LogP contribution in [0.4, 0.5) is 0 Å². The molecule has 0 aliphatic carbocycles. The van der Waals surface area contributed by atoms with Gasteiger partial charge >= 0.3 is 0 Å². The first kappa shape index (κ1) is 21.6. The summed E-state index contributed by atoms with van der Waals surface area (Å²) in [4.78, 5) is 15.3. The van der Waals surface area contributed by atoms with Crippen LogP contribution in [0.3, 0.4) is 0 Å². The van der Waals surface area contributed by atoms with Crippen molar-refractivity contribution in [2.75, 3.05) is 13.2 Å². The van der Waals surface area contributed by atoms with Gasteiger partial charge in [-0.15, -0.1) is 0 Å². The maximum absolute atomic E-state index is 12.6. The van der Waals surface area contributed by atoms with E-state index < -0.39 is 0 Å². The molecule has 0 unspecified atom stereocenters. The number of allylic oxidation sites excluding steroid dienone is 3. The first-order chi connectivity index (χ1) is 13.4. The molecule has 28 heavy (non-hydrogen) atoms. The number of ether oxygens (including phenoxy) is 2. The highest BCUT2D eigenvalue weighted by Gasteiger charge is 2.16. The third-order valence-corrected chi connectivity index (χ3v) is 4.40. The number of unbranched alkanes of at least 4 members (excludes halogenated alkanes) is 1. The van der Waals surface area contributed by atoms with Crippen molar-refractivity contribution in [3.63, 3.8) is 0 Å². The Morgan fingerprint density at radius 2 is 1.93 bits per heavy atom. The Balaban J connectivity index is 2.23. The molecule has 0 saturated heterocycles. The van der Waals surface area contributed by atoms with Gasteiger partial charge in [0.15, 0.2) is 5.75 Å². The van der Waals surface area contributed by atoms with Crippen LogP contribution in [0.15, 0.2) is 46.3 Å². The number of hydrogen-bond acceptors (Lipinski definition) is 4. The zero-order chi connectivity index (χ0) is 20.5. The first-order valence-electron chi connectivity index (χ1n) is 9.86. The molecule has 0 saturated carbocycles. The zero-order valence-corrected chi connectivity index (χ0v) is 17.3. The average molecular weight is 386 g/mol. The van der Waals surface area contributed by atoms with Crippen LogP contribution in [0, 0.1) is 0 Å². The number of aromatic amines is 1. The molecular weight excluding hydrogens is 354 g/mol. The first-order valence-corrected chi connectivity index (χ1v) is 9.86. The highest BCUT2D eigenvalue weighted by atomic mass is 16.5. The molecule has 5 nitrogen and oxygen atoms in total. The number of pyridine rings is 1. The second-order valence-corrected chi connectivity index (χ2v) is 7.23. The molecule has 0 bridgehead atoms. The Kier molecular flexibility index (Phi) is 8.18. The number of nitrogens with one attached hydrogen (secondary N) is 1. The van der Waals surface area contributed by atoms with Gasteiger partial charge in [-0.05, 0) is 58.2 Å². The minimum absolute atomic E-state index is 0.0891. The minimum Gasteiger partial charge on any atom is -0.508 e. The van der Waals surface area contributed by atoms with Gasteiger partial charge in [0.05, 0.1) is 12.1 Å². The second kappa shape index (κ2) is 10.6. The van der Waals surface area contributed by atoms with Crippen molar-refractivity contribution in [1.29, 1.82) is 0 Å². The summed E-state index contributed by atoms with van der Waals surface area (Å²) in [5.74, 6) is 0.705. The van der Waals surface area contributed by atoms with Crippen molar-refractivity contribution in [1.82, 2.24) is 4.98 Å². The summed E-state index contributed by atoms with van der Waals surface area (Å²) in [6, 6.07) is 4.82.